The first-order valence-corrected chi connectivity index (χ1v) is 9.67. The molecule has 4 aliphatic carbocycles. The number of hydrogen-bond donors (Lipinski definition) is 2. The summed E-state index contributed by atoms with van der Waals surface area (Å²) < 4.78 is 0.899. The van der Waals surface area contributed by atoms with Gasteiger partial charge in [0.2, 0.25) is 0 Å². The molecule has 4 fully saturated rings. The number of aromatic nitrogens is 2. The Balaban J connectivity index is 1.55. The van der Waals surface area contributed by atoms with Crippen molar-refractivity contribution in [3.05, 3.63) is 15.5 Å². The molecule has 0 aromatic carbocycles. The lowest BCUT2D eigenvalue weighted by Gasteiger charge is -2.59. The summed E-state index contributed by atoms with van der Waals surface area (Å²) in [6, 6.07) is 0.312. The van der Waals surface area contributed by atoms with Gasteiger partial charge in [-0.05, 0) is 90.7 Å². The summed E-state index contributed by atoms with van der Waals surface area (Å²) in [5.41, 5.74) is 0.980. The molecule has 22 heavy (non-hydrogen) atoms. The van der Waals surface area contributed by atoms with Gasteiger partial charge in [-0.2, -0.15) is 5.10 Å². The molecule has 0 aliphatic heterocycles. The van der Waals surface area contributed by atoms with Crippen molar-refractivity contribution in [1.82, 2.24) is 15.5 Å². The van der Waals surface area contributed by atoms with Crippen molar-refractivity contribution in [2.24, 2.45) is 23.2 Å². The van der Waals surface area contributed by atoms with Crippen molar-refractivity contribution in [3.8, 4) is 0 Å². The van der Waals surface area contributed by atoms with Gasteiger partial charge in [-0.15, -0.1) is 0 Å². The summed E-state index contributed by atoms with van der Waals surface area (Å²) in [6.45, 7) is 2.22. The molecule has 0 radical (unpaired) electrons. The molecule has 1 heterocycles. The van der Waals surface area contributed by atoms with Gasteiger partial charge in [0.05, 0.1) is 9.77 Å². The Hall–Kier alpha value is -0.590. The number of hydrogen-bond acceptors (Lipinski definition) is 2. The Morgan fingerprint density at radius 1 is 1.36 bits per heavy atom. The summed E-state index contributed by atoms with van der Waals surface area (Å²) in [7, 11) is 0. The van der Waals surface area contributed by atoms with Crippen LogP contribution >= 0.6 is 22.6 Å². The first-order chi connectivity index (χ1) is 10.6. The highest BCUT2D eigenvalue weighted by Gasteiger charge is 2.54. The van der Waals surface area contributed by atoms with Gasteiger partial charge >= 0.3 is 0 Å². The van der Waals surface area contributed by atoms with E-state index in [1.165, 1.54) is 38.5 Å². The second kappa shape index (κ2) is 5.49. The van der Waals surface area contributed by atoms with Crippen molar-refractivity contribution in [2.75, 3.05) is 0 Å². The summed E-state index contributed by atoms with van der Waals surface area (Å²) >= 11 is 2.17. The maximum atomic E-state index is 12.6. The SMILES string of the molecule is CCC(NC(=O)c1[nH]ncc1I)C12CC3CC(CC(C3)C1)C2. The quantitative estimate of drug-likeness (QED) is 0.739. The van der Waals surface area contributed by atoms with Gasteiger partial charge in [0, 0.05) is 6.04 Å². The minimum atomic E-state index is 0.0181. The van der Waals surface area contributed by atoms with Crippen LogP contribution < -0.4 is 5.32 Å². The van der Waals surface area contributed by atoms with Crippen molar-refractivity contribution < 1.29 is 4.79 Å². The van der Waals surface area contributed by atoms with Gasteiger partial charge in [-0.1, -0.05) is 6.92 Å². The molecule has 0 saturated heterocycles. The first-order valence-electron chi connectivity index (χ1n) is 8.59. The third-order valence-electron chi connectivity index (χ3n) is 6.36. The zero-order chi connectivity index (χ0) is 15.3. The van der Waals surface area contributed by atoms with Crippen LogP contribution in [0.3, 0.4) is 0 Å². The summed E-state index contributed by atoms with van der Waals surface area (Å²) in [4.78, 5) is 12.6. The number of carbonyl (C=O) groups excluding carboxylic acids is 1. The molecule has 4 bridgehead atoms. The van der Waals surface area contributed by atoms with Crippen LogP contribution in [0.25, 0.3) is 0 Å². The highest BCUT2D eigenvalue weighted by molar-refractivity contribution is 14.1. The van der Waals surface area contributed by atoms with Gasteiger partial charge in [0.25, 0.3) is 5.91 Å². The molecule has 1 unspecified atom stereocenters. The van der Waals surface area contributed by atoms with E-state index in [-0.39, 0.29) is 5.91 Å². The van der Waals surface area contributed by atoms with E-state index in [2.05, 4.69) is 45.0 Å². The lowest BCUT2D eigenvalue weighted by atomic mass is 9.47. The molecule has 4 aliphatic rings. The second-order valence-corrected chi connectivity index (χ2v) is 8.97. The summed E-state index contributed by atoms with van der Waals surface area (Å²) in [5.74, 6) is 2.78. The number of aromatic amines is 1. The largest absolute Gasteiger partial charge is 0.347 e. The fourth-order valence-corrected chi connectivity index (χ4v) is 6.46. The van der Waals surface area contributed by atoms with Crippen LogP contribution in [0.2, 0.25) is 0 Å². The van der Waals surface area contributed by atoms with Crippen molar-refractivity contribution >= 4 is 28.5 Å². The third kappa shape index (κ3) is 2.39. The monoisotopic (exact) mass is 413 g/mol. The average Bonchev–Trinajstić information content (AvgIpc) is 2.89. The Bertz CT molecular complexity index is 547. The van der Waals surface area contributed by atoms with Crippen LogP contribution in [0.4, 0.5) is 0 Å². The number of carbonyl (C=O) groups is 1. The van der Waals surface area contributed by atoms with Gasteiger partial charge in [-0.25, -0.2) is 0 Å². The summed E-state index contributed by atoms with van der Waals surface area (Å²) in [6.07, 6.45) is 11.1. The molecule has 1 aromatic heterocycles. The number of nitrogens with zero attached hydrogens (tertiary/aromatic N) is 1. The van der Waals surface area contributed by atoms with Gasteiger partial charge < -0.3 is 5.32 Å². The predicted octanol–water partition coefficient (Wildman–Crippen LogP) is 3.74. The van der Waals surface area contributed by atoms with E-state index in [1.54, 1.807) is 6.20 Å². The van der Waals surface area contributed by atoms with Gasteiger partial charge in [-0.3, -0.25) is 9.89 Å². The average molecular weight is 413 g/mol. The fraction of sp³-hybridized carbons (Fsp3) is 0.765. The zero-order valence-electron chi connectivity index (χ0n) is 13.1. The van der Waals surface area contributed by atoms with Crippen molar-refractivity contribution in [3.63, 3.8) is 0 Å². The van der Waals surface area contributed by atoms with E-state index in [0.29, 0.717) is 17.2 Å². The fourth-order valence-electron chi connectivity index (χ4n) is 5.95. The number of amides is 1. The second-order valence-electron chi connectivity index (χ2n) is 7.81. The normalized spacial score (nSPS) is 37.3. The Labute approximate surface area is 145 Å². The Morgan fingerprint density at radius 2 is 1.95 bits per heavy atom. The maximum Gasteiger partial charge on any atom is 0.270 e. The van der Waals surface area contributed by atoms with E-state index in [1.807, 2.05) is 0 Å². The molecule has 1 atom stereocenters. The molecular weight excluding hydrogens is 389 g/mol. The van der Waals surface area contributed by atoms with E-state index in [9.17, 15) is 4.79 Å². The van der Waals surface area contributed by atoms with Crippen LogP contribution in [0.15, 0.2) is 6.20 Å². The van der Waals surface area contributed by atoms with Gasteiger partial charge in [0.1, 0.15) is 5.69 Å². The van der Waals surface area contributed by atoms with Crippen LogP contribution in [0, 0.1) is 26.7 Å². The number of H-pyrrole nitrogens is 1. The van der Waals surface area contributed by atoms with E-state index >= 15 is 0 Å². The van der Waals surface area contributed by atoms with Gasteiger partial charge in [0.15, 0.2) is 0 Å². The minimum Gasteiger partial charge on any atom is -0.347 e. The maximum absolute atomic E-state index is 12.6. The standard InChI is InChI=1S/C17H24IN3O/c1-2-14(20-16(22)15-13(18)9-19-21-15)17-6-10-3-11(7-17)5-12(4-10)8-17/h9-12,14H,2-8H2,1H3,(H,19,21)(H,20,22). The van der Waals surface area contributed by atoms with E-state index < -0.39 is 0 Å². The molecule has 1 amide bonds. The molecule has 4 saturated carbocycles. The third-order valence-corrected chi connectivity index (χ3v) is 7.18. The first kappa shape index (κ1) is 15.0. The molecule has 0 spiro atoms. The topological polar surface area (TPSA) is 57.8 Å². The Morgan fingerprint density at radius 3 is 2.41 bits per heavy atom. The smallest absolute Gasteiger partial charge is 0.270 e. The highest BCUT2D eigenvalue weighted by atomic mass is 127. The van der Waals surface area contributed by atoms with Crippen LogP contribution in [-0.2, 0) is 0 Å². The molecule has 1 aromatic rings. The van der Waals surface area contributed by atoms with Crippen molar-refractivity contribution in [1.29, 1.82) is 0 Å². The molecule has 5 heteroatoms. The number of halogens is 1. The van der Waals surface area contributed by atoms with Crippen LogP contribution in [0.1, 0.15) is 62.4 Å². The van der Waals surface area contributed by atoms with E-state index in [0.717, 1.165) is 27.7 Å². The Kier molecular flexibility index (Phi) is 3.74. The minimum absolute atomic E-state index is 0.0181. The zero-order valence-corrected chi connectivity index (χ0v) is 15.2. The van der Waals surface area contributed by atoms with Crippen LogP contribution in [-0.4, -0.2) is 22.1 Å². The van der Waals surface area contributed by atoms with Crippen LogP contribution in [0.5, 0.6) is 0 Å². The lowest BCUT2D eigenvalue weighted by Crippen LogP contribution is -2.56. The molecule has 2 N–H and O–H groups in total. The molecule has 5 rings (SSSR count). The molecule has 120 valence electrons. The number of rotatable bonds is 4. The highest BCUT2D eigenvalue weighted by Crippen LogP contribution is 2.61. The molecular formula is C17H24IN3O. The van der Waals surface area contributed by atoms with Crippen molar-refractivity contribution in [2.45, 2.75) is 57.9 Å². The number of nitrogens with one attached hydrogen (secondary N) is 2. The predicted molar refractivity (Wildman–Crippen MR) is 93.5 cm³/mol. The van der Waals surface area contributed by atoms with E-state index in [4.69, 9.17) is 0 Å². The summed E-state index contributed by atoms with van der Waals surface area (Å²) in [5, 5.41) is 10.2. The lowest BCUT2D eigenvalue weighted by molar-refractivity contribution is -0.0727. The molecule has 4 nitrogen and oxygen atoms in total.